The van der Waals surface area contributed by atoms with Gasteiger partial charge in [-0.2, -0.15) is 5.10 Å². The van der Waals surface area contributed by atoms with Crippen molar-refractivity contribution in [2.45, 2.75) is 0 Å². The molecule has 0 unspecified atom stereocenters. The van der Waals surface area contributed by atoms with Crippen molar-refractivity contribution in [1.29, 1.82) is 0 Å². The van der Waals surface area contributed by atoms with Crippen LogP contribution in [0.4, 0.5) is 10.6 Å². The van der Waals surface area contributed by atoms with Crippen LogP contribution in [0.2, 0.25) is 0 Å². The number of anilines is 1. The third-order valence-electron chi connectivity index (χ3n) is 1.27. The minimum Gasteiger partial charge on any atom is -0.447 e. The van der Waals surface area contributed by atoms with E-state index >= 15 is 0 Å². The number of aliphatic hydroxyl groups is 1. The van der Waals surface area contributed by atoms with Crippen molar-refractivity contribution < 1.29 is 14.6 Å². The van der Waals surface area contributed by atoms with Crippen LogP contribution in [0.25, 0.3) is 0 Å². The van der Waals surface area contributed by atoms with Gasteiger partial charge in [0, 0.05) is 19.3 Å². The number of aromatic nitrogens is 2. The first-order valence-corrected chi connectivity index (χ1v) is 3.76. The standard InChI is InChI=1S/C7H11N3O3/c1-10-3-2-6(9-10)8-7(12)13-5-4-11/h2-3,11H,4-5H2,1H3,(H,8,9,12). The largest absolute Gasteiger partial charge is 0.447 e. The zero-order chi connectivity index (χ0) is 9.68. The van der Waals surface area contributed by atoms with E-state index in [0.29, 0.717) is 5.82 Å². The first kappa shape index (κ1) is 9.53. The van der Waals surface area contributed by atoms with Crippen LogP contribution < -0.4 is 5.32 Å². The quantitative estimate of drug-likeness (QED) is 0.692. The molecule has 72 valence electrons. The molecule has 0 fully saturated rings. The summed E-state index contributed by atoms with van der Waals surface area (Å²) in [6.45, 7) is -0.200. The van der Waals surface area contributed by atoms with Crippen LogP contribution in [0.5, 0.6) is 0 Å². The Morgan fingerprint density at radius 2 is 2.62 bits per heavy atom. The zero-order valence-electron chi connectivity index (χ0n) is 7.23. The third-order valence-corrected chi connectivity index (χ3v) is 1.27. The minimum absolute atomic E-state index is 0.0152. The number of nitrogens with zero attached hydrogens (tertiary/aromatic N) is 2. The molecule has 1 aromatic rings. The van der Waals surface area contributed by atoms with Gasteiger partial charge in [-0.05, 0) is 0 Å². The van der Waals surface area contributed by atoms with Gasteiger partial charge in [-0.3, -0.25) is 10.00 Å². The Bertz CT molecular complexity index is 284. The van der Waals surface area contributed by atoms with Crippen LogP contribution in [0.15, 0.2) is 12.3 Å². The molecule has 0 aliphatic heterocycles. The molecule has 1 heterocycles. The number of carbonyl (C=O) groups is 1. The Morgan fingerprint density at radius 1 is 1.85 bits per heavy atom. The highest BCUT2D eigenvalue weighted by atomic mass is 16.6. The number of hydrogen-bond acceptors (Lipinski definition) is 4. The molecule has 6 heteroatoms. The van der Waals surface area contributed by atoms with Gasteiger partial charge in [0.1, 0.15) is 6.61 Å². The molecule has 2 N–H and O–H groups in total. The molecular formula is C7H11N3O3. The van der Waals surface area contributed by atoms with Gasteiger partial charge >= 0.3 is 6.09 Å². The van der Waals surface area contributed by atoms with Gasteiger partial charge in [-0.25, -0.2) is 4.79 Å². The molecule has 0 aliphatic carbocycles. The Morgan fingerprint density at radius 3 is 3.15 bits per heavy atom. The summed E-state index contributed by atoms with van der Waals surface area (Å²) in [5, 5.41) is 14.7. The van der Waals surface area contributed by atoms with Crippen molar-refractivity contribution in [2.24, 2.45) is 7.05 Å². The monoisotopic (exact) mass is 185 g/mol. The van der Waals surface area contributed by atoms with Gasteiger partial charge in [0.2, 0.25) is 0 Å². The topological polar surface area (TPSA) is 76.4 Å². The average Bonchev–Trinajstić information content (AvgIpc) is 2.48. The lowest BCUT2D eigenvalue weighted by Crippen LogP contribution is -2.16. The fourth-order valence-electron chi connectivity index (χ4n) is 0.761. The molecule has 0 radical (unpaired) electrons. The van der Waals surface area contributed by atoms with Crippen molar-refractivity contribution in [3.63, 3.8) is 0 Å². The third kappa shape index (κ3) is 3.12. The maximum atomic E-state index is 10.9. The van der Waals surface area contributed by atoms with Gasteiger partial charge in [0.15, 0.2) is 5.82 Å². The maximum Gasteiger partial charge on any atom is 0.412 e. The van der Waals surface area contributed by atoms with Crippen molar-refractivity contribution in [2.75, 3.05) is 18.5 Å². The SMILES string of the molecule is Cn1ccc(NC(=O)OCCO)n1. The number of nitrogens with one attached hydrogen (secondary N) is 1. The van der Waals surface area contributed by atoms with Crippen molar-refractivity contribution in [1.82, 2.24) is 9.78 Å². The molecule has 0 aliphatic rings. The Kier molecular flexibility index (Phi) is 3.27. The number of hydrogen-bond donors (Lipinski definition) is 2. The van der Waals surface area contributed by atoms with E-state index in [1.165, 1.54) is 0 Å². The number of carbonyl (C=O) groups excluding carboxylic acids is 1. The smallest absolute Gasteiger partial charge is 0.412 e. The summed E-state index contributed by atoms with van der Waals surface area (Å²) in [5.74, 6) is 0.422. The second kappa shape index (κ2) is 4.46. The number of rotatable bonds is 3. The predicted molar refractivity (Wildman–Crippen MR) is 45.3 cm³/mol. The fraction of sp³-hybridized carbons (Fsp3) is 0.429. The van der Waals surface area contributed by atoms with E-state index in [2.05, 4.69) is 15.2 Å². The van der Waals surface area contributed by atoms with Crippen molar-refractivity contribution in [3.05, 3.63) is 12.3 Å². The molecule has 0 saturated carbocycles. The molecular weight excluding hydrogens is 174 g/mol. The van der Waals surface area contributed by atoms with E-state index < -0.39 is 6.09 Å². The Balaban J connectivity index is 2.36. The summed E-state index contributed by atoms with van der Waals surface area (Å²) in [5.41, 5.74) is 0. The van der Waals surface area contributed by atoms with Crippen LogP contribution in [0, 0.1) is 0 Å². The normalized spacial score (nSPS) is 9.69. The molecule has 13 heavy (non-hydrogen) atoms. The van der Waals surface area contributed by atoms with Crippen molar-refractivity contribution in [3.8, 4) is 0 Å². The second-order valence-electron chi connectivity index (χ2n) is 2.36. The Hall–Kier alpha value is -1.56. The van der Waals surface area contributed by atoms with Gasteiger partial charge in [-0.1, -0.05) is 0 Å². The van der Waals surface area contributed by atoms with Gasteiger partial charge in [0.05, 0.1) is 6.61 Å². The predicted octanol–water partition coefficient (Wildman–Crippen LogP) is -0.0391. The molecule has 1 aromatic heterocycles. The molecule has 0 atom stereocenters. The lowest BCUT2D eigenvalue weighted by molar-refractivity contribution is 0.131. The van der Waals surface area contributed by atoms with Crippen LogP contribution in [-0.4, -0.2) is 34.2 Å². The fourth-order valence-corrected chi connectivity index (χ4v) is 0.761. The van der Waals surface area contributed by atoms with Crippen LogP contribution >= 0.6 is 0 Å². The number of aryl methyl sites for hydroxylation is 1. The molecule has 0 aromatic carbocycles. The van der Waals surface area contributed by atoms with E-state index in [4.69, 9.17) is 5.11 Å². The highest BCUT2D eigenvalue weighted by Crippen LogP contribution is 2.00. The zero-order valence-corrected chi connectivity index (χ0v) is 7.23. The molecule has 1 rings (SSSR count). The second-order valence-corrected chi connectivity index (χ2v) is 2.36. The number of aliphatic hydroxyl groups excluding tert-OH is 1. The van der Waals surface area contributed by atoms with E-state index in [1.54, 1.807) is 24.0 Å². The van der Waals surface area contributed by atoms with E-state index in [1.807, 2.05) is 0 Å². The van der Waals surface area contributed by atoms with Gasteiger partial charge in [0.25, 0.3) is 0 Å². The summed E-state index contributed by atoms with van der Waals surface area (Å²) in [4.78, 5) is 10.9. The molecule has 1 amide bonds. The number of ether oxygens (including phenoxy) is 1. The minimum atomic E-state index is -0.618. The van der Waals surface area contributed by atoms with Crippen LogP contribution in [-0.2, 0) is 11.8 Å². The van der Waals surface area contributed by atoms with E-state index in [9.17, 15) is 4.79 Å². The van der Waals surface area contributed by atoms with Crippen molar-refractivity contribution >= 4 is 11.9 Å². The average molecular weight is 185 g/mol. The summed E-state index contributed by atoms with van der Waals surface area (Å²) in [6, 6.07) is 1.64. The lowest BCUT2D eigenvalue weighted by atomic mass is 10.6. The molecule has 6 nitrogen and oxygen atoms in total. The molecule has 0 saturated heterocycles. The van der Waals surface area contributed by atoms with E-state index in [-0.39, 0.29) is 13.2 Å². The Labute approximate surface area is 75.1 Å². The summed E-state index contributed by atoms with van der Waals surface area (Å²) < 4.78 is 6.11. The molecule has 0 spiro atoms. The lowest BCUT2D eigenvalue weighted by Gasteiger charge is -2.01. The summed E-state index contributed by atoms with van der Waals surface area (Å²) in [6.07, 6.45) is 1.08. The summed E-state index contributed by atoms with van der Waals surface area (Å²) >= 11 is 0. The molecule has 0 bridgehead atoms. The van der Waals surface area contributed by atoms with Crippen LogP contribution in [0.1, 0.15) is 0 Å². The first-order valence-electron chi connectivity index (χ1n) is 3.76. The maximum absolute atomic E-state index is 10.9. The number of amides is 1. The highest BCUT2D eigenvalue weighted by molar-refractivity contribution is 5.83. The highest BCUT2D eigenvalue weighted by Gasteiger charge is 2.03. The van der Waals surface area contributed by atoms with Gasteiger partial charge < -0.3 is 9.84 Å². The van der Waals surface area contributed by atoms with Gasteiger partial charge in [-0.15, -0.1) is 0 Å². The van der Waals surface area contributed by atoms with E-state index in [0.717, 1.165) is 0 Å². The van der Waals surface area contributed by atoms with Crippen LogP contribution in [0.3, 0.4) is 0 Å². The first-order chi connectivity index (χ1) is 6.22. The summed E-state index contributed by atoms with van der Waals surface area (Å²) in [7, 11) is 1.74.